The molecule has 0 bridgehead atoms. The number of rotatable bonds is 4. The third-order valence-electron chi connectivity index (χ3n) is 3.94. The lowest BCUT2D eigenvalue weighted by Crippen LogP contribution is -2.13. The standard InChI is InChI=1S/C18H16F4O2/c1-3-13(17(23)24)11-6-7-14(15(8-11)18(20,21)22)12-5-4-10(2)16(19)9-12/h4-9,13H,3H2,1-2H3,(H,23,24)/t13-/m1/s1. The van der Waals surface area contributed by atoms with E-state index in [2.05, 4.69) is 0 Å². The third-order valence-corrected chi connectivity index (χ3v) is 3.94. The first-order valence-corrected chi connectivity index (χ1v) is 7.35. The lowest BCUT2D eigenvalue weighted by molar-refractivity contribution is -0.140. The number of carboxylic acids is 1. The van der Waals surface area contributed by atoms with Crippen LogP contribution in [-0.2, 0) is 11.0 Å². The van der Waals surface area contributed by atoms with E-state index in [0.717, 1.165) is 12.1 Å². The summed E-state index contributed by atoms with van der Waals surface area (Å²) in [5.74, 6) is -2.80. The normalized spacial score (nSPS) is 12.9. The van der Waals surface area contributed by atoms with Gasteiger partial charge in [0.2, 0.25) is 0 Å². The van der Waals surface area contributed by atoms with Crippen molar-refractivity contribution in [2.24, 2.45) is 0 Å². The molecule has 0 radical (unpaired) electrons. The van der Waals surface area contributed by atoms with Gasteiger partial charge in [0.25, 0.3) is 0 Å². The second-order valence-corrected chi connectivity index (χ2v) is 5.57. The number of hydrogen-bond donors (Lipinski definition) is 1. The lowest BCUT2D eigenvalue weighted by Gasteiger charge is -2.17. The first-order valence-electron chi connectivity index (χ1n) is 7.35. The zero-order valence-electron chi connectivity index (χ0n) is 13.1. The van der Waals surface area contributed by atoms with E-state index in [1.807, 2.05) is 0 Å². The van der Waals surface area contributed by atoms with Crippen LogP contribution >= 0.6 is 0 Å². The number of aryl methyl sites for hydroxylation is 1. The maximum atomic E-state index is 13.7. The molecule has 0 aliphatic rings. The SMILES string of the molecule is CC[C@@H](C(=O)O)c1ccc(-c2ccc(C)c(F)c2)c(C(F)(F)F)c1. The highest BCUT2D eigenvalue weighted by Gasteiger charge is 2.35. The van der Waals surface area contributed by atoms with Gasteiger partial charge in [0.1, 0.15) is 5.82 Å². The van der Waals surface area contributed by atoms with Crippen LogP contribution in [0.4, 0.5) is 17.6 Å². The van der Waals surface area contributed by atoms with Gasteiger partial charge in [-0.3, -0.25) is 4.79 Å². The summed E-state index contributed by atoms with van der Waals surface area (Å²) < 4.78 is 54.0. The predicted octanol–water partition coefficient (Wildman–Crippen LogP) is 5.40. The third kappa shape index (κ3) is 3.58. The molecule has 2 rings (SSSR count). The van der Waals surface area contributed by atoms with Gasteiger partial charge in [-0.05, 0) is 47.7 Å². The summed E-state index contributed by atoms with van der Waals surface area (Å²) in [6.07, 6.45) is -4.51. The molecule has 6 heteroatoms. The zero-order chi connectivity index (χ0) is 18.1. The summed E-state index contributed by atoms with van der Waals surface area (Å²) >= 11 is 0. The van der Waals surface area contributed by atoms with Crippen LogP contribution in [0.3, 0.4) is 0 Å². The number of carbonyl (C=O) groups is 1. The van der Waals surface area contributed by atoms with Gasteiger partial charge in [0.15, 0.2) is 0 Å². The van der Waals surface area contributed by atoms with Crippen molar-refractivity contribution in [2.45, 2.75) is 32.4 Å². The number of halogens is 4. The van der Waals surface area contributed by atoms with Crippen molar-refractivity contribution in [3.63, 3.8) is 0 Å². The van der Waals surface area contributed by atoms with Crippen LogP contribution in [0.1, 0.15) is 36.0 Å². The zero-order valence-corrected chi connectivity index (χ0v) is 13.1. The number of alkyl halides is 3. The maximum Gasteiger partial charge on any atom is 0.417 e. The Balaban J connectivity index is 2.64. The van der Waals surface area contributed by atoms with Crippen molar-refractivity contribution < 1.29 is 27.5 Å². The second-order valence-electron chi connectivity index (χ2n) is 5.57. The average molecular weight is 340 g/mol. The van der Waals surface area contributed by atoms with Crippen LogP contribution in [0.25, 0.3) is 11.1 Å². The molecule has 0 amide bonds. The largest absolute Gasteiger partial charge is 0.481 e. The molecule has 1 N–H and O–H groups in total. The smallest absolute Gasteiger partial charge is 0.417 e. The Morgan fingerprint density at radius 1 is 1.17 bits per heavy atom. The average Bonchev–Trinajstić information content (AvgIpc) is 2.49. The molecule has 0 saturated carbocycles. The fourth-order valence-corrected chi connectivity index (χ4v) is 2.58. The van der Waals surface area contributed by atoms with E-state index in [1.54, 1.807) is 6.92 Å². The number of aliphatic carboxylic acids is 1. The van der Waals surface area contributed by atoms with Gasteiger partial charge < -0.3 is 5.11 Å². The second kappa shape index (κ2) is 6.63. The molecule has 0 unspecified atom stereocenters. The highest BCUT2D eigenvalue weighted by molar-refractivity contribution is 5.77. The predicted molar refractivity (Wildman–Crippen MR) is 82.2 cm³/mol. The minimum Gasteiger partial charge on any atom is -0.481 e. The Morgan fingerprint density at radius 2 is 1.83 bits per heavy atom. The molecule has 2 aromatic carbocycles. The maximum absolute atomic E-state index is 13.7. The highest BCUT2D eigenvalue weighted by atomic mass is 19.4. The van der Waals surface area contributed by atoms with Gasteiger partial charge in [0.05, 0.1) is 11.5 Å². The fourth-order valence-electron chi connectivity index (χ4n) is 2.58. The molecule has 1 atom stereocenters. The number of carboxylic acid groups (broad SMARTS) is 1. The Bertz CT molecular complexity index is 766. The summed E-state index contributed by atoms with van der Waals surface area (Å²) in [6, 6.07) is 7.27. The number of benzene rings is 2. The van der Waals surface area contributed by atoms with Crippen molar-refractivity contribution in [1.29, 1.82) is 0 Å². The molecule has 0 heterocycles. The first-order chi connectivity index (χ1) is 11.1. The van der Waals surface area contributed by atoms with Crippen molar-refractivity contribution in [3.05, 3.63) is 58.9 Å². The Kier molecular flexibility index (Phi) is 4.96. The monoisotopic (exact) mass is 340 g/mol. The first kappa shape index (κ1) is 18.0. The molecule has 0 aromatic heterocycles. The van der Waals surface area contributed by atoms with E-state index in [9.17, 15) is 22.4 Å². The molecule has 0 saturated heterocycles. The van der Waals surface area contributed by atoms with Crippen molar-refractivity contribution in [2.75, 3.05) is 0 Å². The molecule has 0 aliphatic carbocycles. The van der Waals surface area contributed by atoms with Crippen LogP contribution in [0.2, 0.25) is 0 Å². The van der Waals surface area contributed by atoms with Crippen LogP contribution in [0.15, 0.2) is 36.4 Å². The highest BCUT2D eigenvalue weighted by Crippen LogP contribution is 2.39. The van der Waals surface area contributed by atoms with E-state index in [1.165, 1.54) is 31.2 Å². The van der Waals surface area contributed by atoms with Gasteiger partial charge in [0, 0.05) is 0 Å². The minimum absolute atomic E-state index is 0.0775. The minimum atomic E-state index is -4.68. The molecule has 2 nitrogen and oxygen atoms in total. The van der Waals surface area contributed by atoms with Gasteiger partial charge in [-0.15, -0.1) is 0 Å². The van der Waals surface area contributed by atoms with Crippen LogP contribution in [0.5, 0.6) is 0 Å². The van der Waals surface area contributed by atoms with Crippen molar-refractivity contribution in [3.8, 4) is 11.1 Å². The molecule has 0 spiro atoms. The van der Waals surface area contributed by atoms with Crippen LogP contribution < -0.4 is 0 Å². The fraction of sp³-hybridized carbons (Fsp3) is 0.278. The lowest BCUT2D eigenvalue weighted by atomic mass is 9.90. The summed E-state index contributed by atoms with van der Waals surface area (Å²) in [5, 5.41) is 9.14. The van der Waals surface area contributed by atoms with Crippen LogP contribution in [0, 0.1) is 12.7 Å². The van der Waals surface area contributed by atoms with Crippen molar-refractivity contribution >= 4 is 5.97 Å². The Hall–Kier alpha value is -2.37. The molecule has 128 valence electrons. The summed E-state index contributed by atoms with van der Waals surface area (Å²) in [7, 11) is 0. The van der Waals surface area contributed by atoms with E-state index in [-0.39, 0.29) is 23.1 Å². The Labute approximate surface area is 136 Å². The molecular formula is C18H16F4O2. The summed E-state index contributed by atoms with van der Waals surface area (Å²) in [5.41, 5.74) is -0.636. The van der Waals surface area contributed by atoms with Crippen molar-refractivity contribution in [1.82, 2.24) is 0 Å². The summed E-state index contributed by atoms with van der Waals surface area (Å²) in [4.78, 5) is 11.2. The van der Waals surface area contributed by atoms with Gasteiger partial charge in [-0.25, -0.2) is 4.39 Å². The quantitative estimate of drug-likeness (QED) is 0.757. The molecule has 2 aromatic rings. The van der Waals surface area contributed by atoms with E-state index < -0.39 is 29.4 Å². The molecule has 0 aliphatic heterocycles. The Morgan fingerprint density at radius 3 is 2.33 bits per heavy atom. The van der Waals surface area contributed by atoms with E-state index in [4.69, 9.17) is 5.11 Å². The molecule has 24 heavy (non-hydrogen) atoms. The van der Waals surface area contributed by atoms with Gasteiger partial charge in [-0.2, -0.15) is 13.2 Å². The topological polar surface area (TPSA) is 37.3 Å². The van der Waals surface area contributed by atoms with E-state index >= 15 is 0 Å². The number of hydrogen-bond acceptors (Lipinski definition) is 1. The molecular weight excluding hydrogens is 324 g/mol. The van der Waals surface area contributed by atoms with Gasteiger partial charge in [-0.1, -0.05) is 31.2 Å². The van der Waals surface area contributed by atoms with E-state index in [0.29, 0.717) is 5.56 Å². The van der Waals surface area contributed by atoms with Crippen LogP contribution in [-0.4, -0.2) is 11.1 Å². The summed E-state index contributed by atoms with van der Waals surface area (Å²) in [6.45, 7) is 3.11. The van der Waals surface area contributed by atoms with Gasteiger partial charge >= 0.3 is 12.1 Å². The molecule has 0 fully saturated rings.